The molecule has 1 atom stereocenters. The highest BCUT2D eigenvalue weighted by Crippen LogP contribution is 2.41. The third-order valence-corrected chi connectivity index (χ3v) is 3.05. The van der Waals surface area contributed by atoms with Gasteiger partial charge in [-0.15, -0.1) is 0 Å². The van der Waals surface area contributed by atoms with E-state index in [0.29, 0.717) is 11.3 Å². The molecule has 1 aromatic rings. The smallest absolute Gasteiger partial charge is 0.127 e. The summed E-state index contributed by atoms with van der Waals surface area (Å²) in [6, 6.07) is 3.00. The molecule has 0 saturated heterocycles. The van der Waals surface area contributed by atoms with Crippen molar-refractivity contribution in [2.75, 3.05) is 13.4 Å². The molecular formula is C10H14O3S. The Labute approximate surface area is 87.7 Å². The van der Waals surface area contributed by atoms with E-state index in [1.807, 2.05) is 13.2 Å². The van der Waals surface area contributed by atoms with Crippen molar-refractivity contribution in [2.45, 2.75) is 12.2 Å². The molecule has 1 aromatic carbocycles. The summed E-state index contributed by atoms with van der Waals surface area (Å²) in [6.07, 6.45) is 1.92. The standard InChI is InChI=1S/C10H14O3S/c1-6(14-3)10-8(11)4-7(13-2)5-9(10)12/h4-6,11-12H,1-3H3. The first kappa shape index (κ1) is 11.0. The first-order chi connectivity index (χ1) is 6.60. The summed E-state index contributed by atoms with van der Waals surface area (Å²) in [7, 11) is 1.49. The zero-order chi connectivity index (χ0) is 10.7. The Balaban J connectivity index is 3.18. The molecule has 0 fully saturated rings. The SMILES string of the molecule is COc1cc(O)c(C(C)SC)c(O)c1. The van der Waals surface area contributed by atoms with Gasteiger partial charge in [-0.25, -0.2) is 0 Å². The first-order valence-electron chi connectivity index (χ1n) is 4.22. The Morgan fingerprint density at radius 1 is 1.29 bits per heavy atom. The van der Waals surface area contributed by atoms with E-state index in [1.165, 1.54) is 19.2 Å². The lowest BCUT2D eigenvalue weighted by molar-refractivity contribution is 0.394. The van der Waals surface area contributed by atoms with Gasteiger partial charge in [0.25, 0.3) is 0 Å². The van der Waals surface area contributed by atoms with Crippen LogP contribution in [0.15, 0.2) is 12.1 Å². The van der Waals surface area contributed by atoms with Crippen molar-refractivity contribution in [2.24, 2.45) is 0 Å². The van der Waals surface area contributed by atoms with E-state index in [1.54, 1.807) is 11.8 Å². The third kappa shape index (κ3) is 2.07. The molecule has 0 aliphatic carbocycles. The molecule has 0 spiro atoms. The van der Waals surface area contributed by atoms with Crippen LogP contribution in [0.5, 0.6) is 17.2 Å². The molecular weight excluding hydrogens is 200 g/mol. The van der Waals surface area contributed by atoms with Crippen LogP contribution < -0.4 is 4.74 Å². The molecule has 78 valence electrons. The largest absolute Gasteiger partial charge is 0.507 e. The Bertz CT molecular complexity index is 302. The zero-order valence-corrected chi connectivity index (χ0v) is 9.26. The summed E-state index contributed by atoms with van der Waals surface area (Å²) in [4.78, 5) is 0. The highest BCUT2D eigenvalue weighted by molar-refractivity contribution is 7.98. The van der Waals surface area contributed by atoms with E-state index < -0.39 is 0 Å². The summed E-state index contributed by atoms with van der Waals surface area (Å²) in [6.45, 7) is 1.92. The zero-order valence-electron chi connectivity index (χ0n) is 8.44. The average molecular weight is 214 g/mol. The predicted molar refractivity (Wildman–Crippen MR) is 58.3 cm³/mol. The van der Waals surface area contributed by atoms with Gasteiger partial charge in [0, 0.05) is 22.9 Å². The number of hydrogen-bond acceptors (Lipinski definition) is 4. The minimum Gasteiger partial charge on any atom is -0.507 e. The molecule has 0 aromatic heterocycles. The maximum Gasteiger partial charge on any atom is 0.127 e. The lowest BCUT2D eigenvalue weighted by atomic mass is 10.1. The van der Waals surface area contributed by atoms with Crippen LogP contribution in [0.4, 0.5) is 0 Å². The Hall–Kier alpha value is -1.03. The number of hydrogen-bond donors (Lipinski definition) is 2. The van der Waals surface area contributed by atoms with Crippen LogP contribution in [0, 0.1) is 0 Å². The Morgan fingerprint density at radius 2 is 1.79 bits per heavy atom. The van der Waals surface area contributed by atoms with E-state index in [9.17, 15) is 10.2 Å². The number of phenolic OH excluding ortho intramolecular Hbond substituents is 2. The first-order valence-corrected chi connectivity index (χ1v) is 5.51. The van der Waals surface area contributed by atoms with Gasteiger partial charge >= 0.3 is 0 Å². The van der Waals surface area contributed by atoms with Gasteiger partial charge in [0.15, 0.2) is 0 Å². The number of thioether (sulfide) groups is 1. The monoisotopic (exact) mass is 214 g/mol. The molecule has 4 heteroatoms. The van der Waals surface area contributed by atoms with Gasteiger partial charge in [0.05, 0.1) is 7.11 Å². The van der Waals surface area contributed by atoms with E-state index in [4.69, 9.17) is 4.74 Å². The van der Waals surface area contributed by atoms with Crippen LogP contribution in [-0.2, 0) is 0 Å². The Morgan fingerprint density at radius 3 is 2.14 bits per heavy atom. The van der Waals surface area contributed by atoms with Gasteiger partial charge in [0.1, 0.15) is 17.2 Å². The summed E-state index contributed by atoms with van der Waals surface area (Å²) in [5.74, 6) is 0.601. The summed E-state index contributed by atoms with van der Waals surface area (Å²) < 4.78 is 4.92. The molecule has 0 saturated carbocycles. The molecule has 0 aliphatic rings. The number of ether oxygens (including phenoxy) is 1. The van der Waals surface area contributed by atoms with E-state index >= 15 is 0 Å². The van der Waals surface area contributed by atoms with Crippen LogP contribution in [0.3, 0.4) is 0 Å². The Kier molecular flexibility index (Phi) is 3.52. The molecule has 0 bridgehead atoms. The van der Waals surface area contributed by atoms with Gasteiger partial charge < -0.3 is 14.9 Å². The van der Waals surface area contributed by atoms with Crippen LogP contribution in [-0.4, -0.2) is 23.6 Å². The van der Waals surface area contributed by atoms with Gasteiger partial charge in [-0.3, -0.25) is 0 Å². The minimum absolute atomic E-state index is 0.0564. The van der Waals surface area contributed by atoms with E-state index in [0.717, 1.165) is 0 Å². The summed E-state index contributed by atoms with van der Waals surface area (Å²) >= 11 is 1.56. The number of methoxy groups -OCH3 is 1. The van der Waals surface area contributed by atoms with Crippen LogP contribution in [0.2, 0.25) is 0 Å². The highest BCUT2D eigenvalue weighted by Gasteiger charge is 2.15. The number of rotatable bonds is 3. The molecule has 1 unspecified atom stereocenters. The van der Waals surface area contributed by atoms with Gasteiger partial charge in [-0.1, -0.05) is 0 Å². The van der Waals surface area contributed by atoms with Crippen molar-refractivity contribution in [3.8, 4) is 17.2 Å². The lowest BCUT2D eigenvalue weighted by Gasteiger charge is -2.13. The van der Waals surface area contributed by atoms with Crippen molar-refractivity contribution >= 4 is 11.8 Å². The van der Waals surface area contributed by atoms with Crippen LogP contribution >= 0.6 is 11.8 Å². The fourth-order valence-electron chi connectivity index (χ4n) is 1.25. The highest BCUT2D eigenvalue weighted by atomic mass is 32.2. The van der Waals surface area contributed by atoms with Crippen LogP contribution in [0.1, 0.15) is 17.7 Å². The van der Waals surface area contributed by atoms with E-state index in [-0.39, 0.29) is 16.7 Å². The number of benzene rings is 1. The second-order valence-corrected chi connectivity index (χ2v) is 4.14. The average Bonchev–Trinajstić information content (AvgIpc) is 2.16. The fraction of sp³-hybridized carbons (Fsp3) is 0.400. The summed E-state index contributed by atoms with van der Waals surface area (Å²) in [5, 5.41) is 19.4. The quantitative estimate of drug-likeness (QED) is 0.811. The normalized spacial score (nSPS) is 12.5. The second-order valence-electron chi connectivity index (χ2n) is 2.96. The molecule has 3 nitrogen and oxygen atoms in total. The number of phenols is 2. The summed E-state index contributed by atoms with van der Waals surface area (Å²) in [5.41, 5.74) is 0.554. The van der Waals surface area contributed by atoms with E-state index in [2.05, 4.69) is 0 Å². The maximum absolute atomic E-state index is 9.65. The topological polar surface area (TPSA) is 49.7 Å². The second kappa shape index (κ2) is 4.46. The van der Waals surface area contributed by atoms with Crippen molar-refractivity contribution in [3.63, 3.8) is 0 Å². The van der Waals surface area contributed by atoms with Gasteiger partial charge in [-0.2, -0.15) is 11.8 Å². The van der Waals surface area contributed by atoms with Crippen LogP contribution in [0.25, 0.3) is 0 Å². The van der Waals surface area contributed by atoms with Crippen molar-refractivity contribution < 1.29 is 14.9 Å². The van der Waals surface area contributed by atoms with Crippen molar-refractivity contribution in [1.29, 1.82) is 0 Å². The fourth-order valence-corrected chi connectivity index (χ4v) is 1.73. The van der Waals surface area contributed by atoms with Crippen molar-refractivity contribution in [3.05, 3.63) is 17.7 Å². The molecule has 2 N–H and O–H groups in total. The molecule has 1 rings (SSSR count). The molecule has 0 aliphatic heterocycles. The third-order valence-electron chi connectivity index (χ3n) is 2.11. The minimum atomic E-state index is 0.0564. The van der Waals surface area contributed by atoms with Gasteiger partial charge in [0.2, 0.25) is 0 Å². The maximum atomic E-state index is 9.65. The van der Waals surface area contributed by atoms with Crippen molar-refractivity contribution in [1.82, 2.24) is 0 Å². The molecule has 14 heavy (non-hydrogen) atoms. The lowest BCUT2D eigenvalue weighted by Crippen LogP contribution is -1.91. The molecule has 0 heterocycles. The predicted octanol–water partition coefficient (Wildman–Crippen LogP) is 2.53. The number of aromatic hydroxyl groups is 2. The molecule has 0 radical (unpaired) electrons. The van der Waals surface area contributed by atoms with Gasteiger partial charge in [-0.05, 0) is 13.2 Å². The molecule has 0 amide bonds.